The Morgan fingerprint density at radius 1 is 0.982 bits per heavy atom. The highest BCUT2D eigenvalue weighted by Crippen LogP contribution is 2.57. The van der Waals surface area contributed by atoms with Crippen LogP contribution in [0.4, 0.5) is 5.69 Å². The first-order chi connectivity index (χ1) is 26.7. The molecule has 3 aliphatic carbocycles. The Balaban J connectivity index is 1.02. The number of aromatic nitrogens is 1. The van der Waals surface area contributed by atoms with Gasteiger partial charge in [0.05, 0.1) is 13.2 Å². The summed E-state index contributed by atoms with van der Waals surface area (Å²) in [5.74, 6) is 2.27. The van der Waals surface area contributed by atoms with Gasteiger partial charge in [-0.05, 0) is 166 Å². The van der Waals surface area contributed by atoms with Gasteiger partial charge in [-0.1, -0.05) is 67.9 Å². The van der Waals surface area contributed by atoms with E-state index in [1.54, 1.807) is 0 Å². The Labute approximate surface area is 332 Å². The van der Waals surface area contributed by atoms with Crippen molar-refractivity contribution in [1.29, 1.82) is 0 Å². The molecule has 55 heavy (non-hydrogen) atoms. The van der Waals surface area contributed by atoms with Gasteiger partial charge in [-0.15, -0.1) is 0 Å². The van der Waals surface area contributed by atoms with E-state index in [2.05, 4.69) is 78.0 Å². The highest BCUT2D eigenvalue weighted by atomic mass is 35.5. The Bertz CT molecular complexity index is 1890. The van der Waals surface area contributed by atoms with Crippen LogP contribution in [0.1, 0.15) is 106 Å². The summed E-state index contributed by atoms with van der Waals surface area (Å²) in [6, 6.07) is 26.7. The smallest absolute Gasteiger partial charge is 0.329 e. The third-order valence-electron chi connectivity index (χ3n) is 12.7. The third kappa shape index (κ3) is 9.16. The van der Waals surface area contributed by atoms with Crippen LogP contribution in [0.25, 0.3) is 0 Å². The normalized spacial score (nSPS) is 23.5. The zero-order valence-corrected chi connectivity index (χ0v) is 33.4. The summed E-state index contributed by atoms with van der Waals surface area (Å²) in [5, 5.41) is 18.3. The molecule has 7 nitrogen and oxygen atoms in total. The van der Waals surface area contributed by atoms with Gasteiger partial charge in [-0.25, -0.2) is 4.79 Å². The zero-order valence-electron chi connectivity index (χ0n) is 32.6. The lowest BCUT2D eigenvalue weighted by Gasteiger charge is -2.47. The van der Waals surface area contributed by atoms with Crippen LogP contribution < -0.4 is 20.1 Å². The molecule has 3 atom stereocenters. The summed E-state index contributed by atoms with van der Waals surface area (Å²) in [5.41, 5.74) is 6.12. The number of pyridine rings is 1. The fraction of sp³-hybridized carbons (Fsp3) is 0.489. The molecule has 0 saturated heterocycles. The number of ether oxygens (including phenoxy) is 2. The Morgan fingerprint density at radius 2 is 1.82 bits per heavy atom. The summed E-state index contributed by atoms with van der Waals surface area (Å²) in [4.78, 5) is 17.7. The molecular formula is C47H58ClN3O4. The molecule has 3 N–H and O–H groups in total. The molecule has 1 spiro atoms. The van der Waals surface area contributed by atoms with E-state index in [1.807, 2.05) is 36.5 Å². The van der Waals surface area contributed by atoms with Gasteiger partial charge >= 0.3 is 5.97 Å². The Morgan fingerprint density at radius 3 is 2.62 bits per heavy atom. The number of carboxylic acids is 1. The number of halogens is 1. The van der Waals surface area contributed by atoms with Crippen molar-refractivity contribution in [3.8, 4) is 11.5 Å². The molecule has 292 valence electrons. The van der Waals surface area contributed by atoms with Crippen LogP contribution in [-0.4, -0.2) is 47.9 Å². The average molecular weight is 764 g/mol. The number of aliphatic carboxylic acids is 1. The molecule has 1 aromatic heterocycles. The Kier molecular flexibility index (Phi) is 12.7. The summed E-state index contributed by atoms with van der Waals surface area (Å²) in [7, 11) is 0. The van der Waals surface area contributed by atoms with E-state index in [9.17, 15) is 9.90 Å². The predicted molar refractivity (Wildman–Crippen MR) is 222 cm³/mol. The molecule has 0 aliphatic heterocycles. The van der Waals surface area contributed by atoms with Gasteiger partial charge in [0.2, 0.25) is 0 Å². The molecular weight excluding hydrogens is 706 g/mol. The zero-order chi connectivity index (χ0) is 38.3. The largest absolute Gasteiger partial charge is 0.494 e. The van der Waals surface area contributed by atoms with E-state index in [0.29, 0.717) is 48.8 Å². The minimum atomic E-state index is -1.06. The first kappa shape index (κ1) is 39.2. The van der Waals surface area contributed by atoms with E-state index < -0.39 is 11.5 Å². The number of nitrogens with one attached hydrogen (secondary N) is 2. The van der Waals surface area contributed by atoms with E-state index in [4.69, 9.17) is 21.1 Å². The van der Waals surface area contributed by atoms with Crippen LogP contribution in [0.5, 0.6) is 11.5 Å². The predicted octanol–water partition coefficient (Wildman–Crippen LogP) is 10.2. The molecule has 3 aromatic carbocycles. The number of aryl methyl sites for hydroxylation is 1. The lowest BCUT2D eigenvalue weighted by molar-refractivity contribution is -0.144. The Hall–Kier alpha value is -4.07. The van der Waals surface area contributed by atoms with Crippen molar-refractivity contribution in [3.05, 3.63) is 118 Å². The minimum absolute atomic E-state index is 0.134. The molecule has 0 bridgehead atoms. The second-order valence-corrected chi connectivity index (χ2v) is 17.0. The second-order valence-electron chi connectivity index (χ2n) is 16.6. The van der Waals surface area contributed by atoms with Gasteiger partial charge in [0.15, 0.2) is 0 Å². The van der Waals surface area contributed by atoms with Crippen molar-refractivity contribution >= 4 is 23.3 Å². The van der Waals surface area contributed by atoms with Crippen LogP contribution >= 0.6 is 11.6 Å². The molecule has 0 radical (unpaired) electrons. The number of anilines is 1. The quantitative estimate of drug-likeness (QED) is 0.0922. The van der Waals surface area contributed by atoms with Crippen LogP contribution in [0.2, 0.25) is 5.02 Å². The fourth-order valence-electron chi connectivity index (χ4n) is 9.71. The van der Waals surface area contributed by atoms with Crippen molar-refractivity contribution in [2.75, 3.05) is 31.6 Å². The summed E-state index contributed by atoms with van der Waals surface area (Å²) >= 11 is 6.31. The first-order valence-electron chi connectivity index (χ1n) is 20.6. The van der Waals surface area contributed by atoms with Crippen molar-refractivity contribution in [2.45, 2.75) is 108 Å². The molecule has 8 heteroatoms. The van der Waals surface area contributed by atoms with Crippen molar-refractivity contribution in [1.82, 2.24) is 10.3 Å². The molecule has 1 unspecified atom stereocenters. The number of carboxylic acid groups (broad SMARTS) is 1. The summed E-state index contributed by atoms with van der Waals surface area (Å²) in [6.45, 7) is 7.88. The fourth-order valence-corrected chi connectivity index (χ4v) is 9.90. The summed E-state index contributed by atoms with van der Waals surface area (Å²) in [6.07, 6.45) is 13.0. The monoisotopic (exact) mass is 763 g/mol. The molecule has 1 heterocycles. The molecule has 4 aromatic rings. The second kappa shape index (κ2) is 17.8. The van der Waals surface area contributed by atoms with Crippen molar-refractivity contribution < 1.29 is 19.4 Å². The minimum Gasteiger partial charge on any atom is -0.494 e. The maximum Gasteiger partial charge on any atom is 0.329 e. The molecule has 3 aliphatic rings. The van der Waals surface area contributed by atoms with E-state index in [0.717, 1.165) is 81.6 Å². The van der Waals surface area contributed by atoms with Gasteiger partial charge < -0.3 is 25.2 Å². The number of unbranched alkanes of at least 4 members (excludes halogenated alkanes) is 1. The average Bonchev–Trinajstić information content (AvgIpc) is 3.47. The SMILES string of the molecule is C[C@@H](COc1ccnc2c1[C@H](C)CCC2)CC1Cc2ccc(OCCCCNCCc3ccccc3)cc2C12CCC(Nc1cccc(Cl)c1)(C(=O)O)CC2. The highest BCUT2D eigenvalue weighted by molar-refractivity contribution is 6.30. The number of nitrogens with zero attached hydrogens (tertiary/aromatic N) is 1. The molecule has 1 fully saturated rings. The maximum atomic E-state index is 13.0. The number of hydrogen-bond acceptors (Lipinski definition) is 6. The maximum absolute atomic E-state index is 13.0. The molecule has 1 saturated carbocycles. The van der Waals surface area contributed by atoms with E-state index >= 15 is 0 Å². The van der Waals surface area contributed by atoms with Crippen LogP contribution in [0.15, 0.2) is 85.1 Å². The van der Waals surface area contributed by atoms with Gasteiger partial charge in [0.1, 0.15) is 17.0 Å². The molecule has 7 rings (SSSR count). The van der Waals surface area contributed by atoms with Gasteiger partial charge in [0, 0.05) is 28.2 Å². The molecule has 0 amide bonds. The number of hydrogen-bond donors (Lipinski definition) is 3. The first-order valence-corrected chi connectivity index (χ1v) is 21.0. The van der Waals surface area contributed by atoms with Crippen molar-refractivity contribution in [3.63, 3.8) is 0 Å². The van der Waals surface area contributed by atoms with Gasteiger partial charge in [-0.2, -0.15) is 0 Å². The van der Waals surface area contributed by atoms with Gasteiger partial charge in [0.25, 0.3) is 0 Å². The van der Waals surface area contributed by atoms with Crippen LogP contribution in [0, 0.1) is 11.8 Å². The topological polar surface area (TPSA) is 92.7 Å². The number of carbonyl (C=O) groups is 1. The standard InChI is InChI=1S/C47H58ClN3O4/c1-33(32-55-43-19-26-50-42-15-8-10-34(2)44(42)43)28-37-29-36-16-17-40(54-27-7-6-24-49-25-18-35-11-4-3-5-12-35)31-41(36)46(37)20-22-47(23-21-46,45(52)53)51-39-14-9-13-38(48)30-39/h3-5,9,11-14,16-17,19,26,30-31,33-34,37,49,51H,6-8,10,15,18,20-25,27-29,32H2,1-2H3,(H,52,53)/t33-,34-,37?,46?,47?/m1/s1. The third-order valence-corrected chi connectivity index (χ3v) is 13.0. The van der Waals surface area contributed by atoms with Crippen LogP contribution in [-0.2, 0) is 29.5 Å². The lowest BCUT2D eigenvalue weighted by Crippen LogP contribution is -2.53. The number of fused-ring (bicyclic) bond motifs is 3. The highest BCUT2D eigenvalue weighted by Gasteiger charge is 2.54. The summed E-state index contributed by atoms with van der Waals surface area (Å²) < 4.78 is 13.0. The lowest BCUT2D eigenvalue weighted by atomic mass is 9.59. The number of rotatable bonds is 17. The van der Waals surface area contributed by atoms with E-state index in [-0.39, 0.29) is 5.41 Å². The van der Waals surface area contributed by atoms with E-state index in [1.165, 1.54) is 40.8 Å². The number of benzene rings is 3. The van der Waals surface area contributed by atoms with Gasteiger partial charge in [-0.3, -0.25) is 4.98 Å². The van der Waals surface area contributed by atoms with Crippen LogP contribution in [0.3, 0.4) is 0 Å². The van der Waals surface area contributed by atoms with Crippen molar-refractivity contribution in [2.24, 2.45) is 11.8 Å².